The highest BCUT2D eigenvalue weighted by Gasteiger charge is 2.02. The lowest BCUT2D eigenvalue weighted by Gasteiger charge is -2.19. The highest BCUT2D eigenvalue weighted by atomic mass is 31.1. The number of hydrogen-bond acceptors (Lipinski definition) is 3. The van der Waals surface area contributed by atoms with Crippen molar-refractivity contribution in [3.63, 3.8) is 0 Å². The molecule has 0 aromatic rings. The second-order valence-electron chi connectivity index (χ2n) is 1.48. The predicted octanol–water partition coefficient (Wildman–Crippen LogP) is 0.179. The van der Waals surface area contributed by atoms with Gasteiger partial charge in [0.05, 0.1) is 0 Å². The van der Waals surface area contributed by atoms with Crippen LogP contribution < -0.4 is 5.43 Å². The van der Waals surface area contributed by atoms with Crippen LogP contribution in [-0.2, 0) is 0 Å². The van der Waals surface area contributed by atoms with Gasteiger partial charge >= 0.3 is 0 Å². The summed E-state index contributed by atoms with van der Waals surface area (Å²) in [6.45, 7) is 0.920. The molecule has 1 fully saturated rings. The Kier molecular flexibility index (Phi) is 2.00. The van der Waals surface area contributed by atoms with Crippen molar-refractivity contribution in [1.82, 2.24) is 10.4 Å². The van der Waals surface area contributed by atoms with Crippen LogP contribution in [0, 0.1) is 0 Å². The zero-order valence-electron chi connectivity index (χ0n) is 4.02. The molecule has 0 bridgehead atoms. The van der Waals surface area contributed by atoms with E-state index < -0.39 is 0 Å². The third-order valence-corrected chi connectivity index (χ3v) is 1.91. The first-order chi connectivity index (χ1) is 3.39. The largest absolute Gasteiger partial charge is 0.296 e. The summed E-state index contributed by atoms with van der Waals surface area (Å²) in [5, 5.41) is 8.64. The van der Waals surface area contributed by atoms with Gasteiger partial charge in [-0.3, -0.25) is 5.21 Å². The molecule has 1 rings (SSSR count). The molecule has 3 nitrogen and oxygen atoms in total. The van der Waals surface area contributed by atoms with E-state index in [1.54, 1.807) is 0 Å². The van der Waals surface area contributed by atoms with E-state index >= 15 is 0 Å². The molecular weight excluding hydrogens is 111 g/mol. The van der Waals surface area contributed by atoms with Crippen molar-refractivity contribution < 1.29 is 5.21 Å². The maximum absolute atomic E-state index is 8.64. The van der Waals surface area contributed by atoms with Crippen molar-refractivity contribution >= 4 is 8.73 Å². The highest BCUT2D eigenvalue weighted by Crippen LogP contribution is 2.16. The Morgan fingerprint density at radius 3 is 2.86 bits per heavy atom. The number of hydrazine groups is 1. The van der Waals surface area contributed by atoms with E-state index in [1.165, 1.54) is 11.4 Å². The van der Waals surface area contributed by atoms with Gasteiger partial charge < -0.3 is 0 Å². The third kappa shape index (κ3) is 1.70. The van der Waals surface area contributed by atoms with Crippen molar-refractivity contribution in [1.29, 1.82) is 0 Å². The summed E-state index contributed by atoms with van der Waals surface area (Å²) in [5.41, 5.74) is 2.78. The summed E-state index contributed by atoms with van der Waals surface area (Å²) in [6, 6.07) is 0. The second-order valence-corrected chi connectivity index (χ2v) is 2.72. The average molecular weight is 120 g/mol. The summed E-state index contributed by atoms with van der Waals surface area (Å²) in [4.78, 5) is 1.17. The van der Waals surface area contributed by atoms with Gasteiger partial charge in [0.15, 0.2) is 0 Å². The van der Waals surface area contributed by atoms with Crippen LogP contribution in [0.2, 0.25) is 0 Å². The maximum Gasteiger partial charge on any atom is 0.0131 e. The molecule has 1 unspecified atom stereocenters. The van der Waals surface area contributed by atoms with E-state index in [2.05, 4.69) is 5.43 Å². The molecule has 0 amide bonds. The summed E-state index contributed by atoms with van der Waals surface area (Å²) < 4.78 is 0. The Morgan fingerprint density at radius 1 is 1.71 bits per heavy atom. The van der Waals surface area contributed by atoms with E-state index in [0.29, 0.717) is 8.73 Å². The third-order valence-electron chi connectivity index (χ3n) is 0.877. The zero-order chi connectivity index (χ0) is 5.11. The molecule has 7 heavy (non-hydrogen) atoms. The fourth-order valence-electron chi connectivity index (χ4n) is 0.514. The van der Waals surface area contributed by atoms with Gasteiger partial charge in [-0.15, -0.1) is 4.94 Å². The molecule has 0 aromatic heterocycles. The number of nitrogens with zero attached hydrogens (tertiary/aromatic N) is 1. The fourth-order valence-corrected chi connectivity index (χ4v) is 1.28. The highest BCUT2D eigenvalue weighted by molar-refractivity contribution is 7.34. The molecule has 0 aromatic carbocycles. The summed E-state index contributed by atoms with van der Waals surface area (Å²) >= 11 is 0. The monoisotopic (exact) mass is 120 g/mol. The molecule has 42 valence electrons. The number of hydrogen-bond donors (Lipinski definition) is 2. The van der Waals surface area contributed by atoms with Crippen LogP contribution in [0.1, 0.15) is 6.42 Å². The molecule has 1 aliphatic rings. The van der Waals surface area contributed by atoms with Gasteiger partial charge in [0.1, 0.15) is 0 Å². The van der Waals surface area contributed by atoms with Crippen molar-refractivity contribution in [2.75, 3.05) is 12.7 Å². The summed E-state index contributed by atoms with van der Waals surface area (Å²) in [7, 11) is 0.553. The quantitative estimate of drug-likeness (QED) is 0.447. The molecule has 1 aliphatic heterocycles. The topological polar surface area (TPSA) is 35.5 Å². The second kappa shape index (κ2) is 2.58. The first kappa shape index (κ1) is 5.45. The molecule has 0 radical (unpaired) electrons. The Balaban J connectivity index is 2.12. The first-order valence-corrected chi connectivity index (χ1v) is 3.51. The Labute approximate surface area is 44.5 Å². The van der Waals surface area contributed by atoms with E-state index in [-0.39, 0.29) is 0 Å². The minimum Gasteiger partial charge on any atom is -0.296 e. The van der Waals surface area contributed by atoms with Crippen LogP contribution in [-0.4, -0.2) is 22.9 Å². The van der Waals surface area contributed by atoms with Crippen molar-refractivity contribution in [2.45, 2.75) is 6.42 Å². The van der Waals surface area contributed by atoms with Crippen LogP contribution in [0.25, 0.3) is 0 Å². The first-order valence-electron chi connectivity index (χ1n) is 2.35. The van der Waals surface area contributed by atoms with Crippen LogP contribution >= 0.6 is 8.73 Å². The van der Waals surface area contributed by atoms with Gasteiger partial charge in [0.25, 0.3) is 0 Å². The smallest absolute Gasteiger partial charge is 0.0131 e. The SMILES string of the molecule is ON1NCCCP1. The molecule has 0 spiro atoms. The predicted molar refractivity (Wildman–Crippen MR) is 29.4 cm³/mol. The lowest BCUT2D eigenvalue weighted by atomic mass is 10.5. The van der Waals surface area contributed by atoms with E-state index in [9.17, 15) is 0 Å². The fraction of sp³-hybridized carbons (Fsp3) is 1.00. The van der Waals surface area contributed by atoms with Gasteiger partial charge in [-0.05, 0) is 21.3 Å². The molecule has 1 atom stereocenters. The standard InChI is InChI=1S/C3H9N2OP/c6-5-4-2-1-3-7-5/h4,6-7H,1-3H2. The van der Waals surface area contributed by atoms with Gasteiger partial charge in [-0.1, -0.05) is 0 Å². The van der Waals surface area contributed by atoms with Gasteiger partial charge in [-0.25, -0.2) is 5.43 Å². The molecule has 2 N–H and O–H groups in total. The summed E-state index contributed by atoms with van der Waals surface area (Å²) in [5.74, 6) is 0. The van der Waals surface area contributed by atoms with Gasteiger partial charge in [0.2, 0.25) is 0 Å². The van der Waals surface area contributed by atoms with Crippen LogP contribution in [0.4, 0.5) is 0 Å². The van der Waals surface area contributed by atoms with Gasteiger partial charge in [0, 0.05) is 6.54 Å². The Bertz CT molecular complexity index is 54.9. The van der Waals surface area contributed by atoms with Gasteiger partial charge in [-0.2, -0.15) is 0 Å². The van der Waals surface area contributed by atoms with E-state index in [1.807, 2.05) is 0 Å². The van der Waals surface area contributed by atoms with Crippen LogP contribution in [0.5, 0.6) is 0 Å². The Hall–Kier alpha value is 0.310. The lowest BCUT2D eigenvalue weighted by Crippen LogP contribution is -2.32. The number of rotatable bonds is 0. The van der Waals surface area contributed by atoms with E-state index in [4.69, 9.17) is 5.21 Å². The molecule has 4 heteroatoms. The molecule has 1 saturated heterocycles. The molecule has 1 heterocycles. The minimum absolute atomic E-state index is 0.553. The lowest BCUT2D eigenvalue weighted by molar-refractivity contribution is -0.0409. The molecule has 0 aliphatic carbocycles. The van der Waals surface area contributed by atoms with Crippen molar-refractivity contribution in [3.05, 3.63) is 0 Å². The zero-order valence-corrected chi connectivity index (χ0v) is 5.02. The van der Waals surface area contributed by atoms with Crippen molar-refractivity contribution in [3.8, 4) is 0 Å². The van der Waals surface area contributed by atoms with Crippen molar-refractivity contribution in [2.24, 2.45) is 0 Å². The molecule has 0 saturated carbocycles. The van der Waals surface area contributed by atoms with Crippen LogP contribution in [0.15, 0.2) is 0 Å². The normalized spacial score (nSPS) is 28.7. The maximum atomic E-state index is 8.64. The molecular formula is C3H9N2OP. The average Bonchev–Trinajstić information content (AvgIpc) is 1.69. The minimum atomic E-state index is 0.553. The Morgan fingerprint density at radius 2 is 2.57 bits per heavy atom. The number of nitrogens with one attached hydrogen (secondary N) is 1. The van der Waals surface area contributed by atoms with Crippen LogP contribution in [0.3, 0.4) is 0 Å². The summed E-state index contributed by atoms with van der Waals surface area (Å²) in [6.07, 6.45) is 2.32. The van der Waals surface area contributed by atoms with E-state index in [0.717, 1.165) is 12.7 Å².